The van der Waals surface area contributed by atoms with E-state index < -0.39 is 6.04 Å². The Hall–Kier alpha value is -2.08. The van der Waals surface area contributed by atoms with E-state index in [1.807, 2.05) is 35.2 Å². The molecule has 2 unspecified atom stereocenters. The maximum absolute atomic E-state index is 12.4. The van der Waals surface area contributed by atoms with Gasteiger partial charge in [-0.25, -0.2) is 4.79 Å². The second-order valence-electron chi connectivity index (χ2n) is 6.69. The molecule has 130 valence electrons. The number of nitrogens with two attached hydrogens (primary N) is 1. The van der Waals surface area contributed by atoms with Gasteiger partial charge in [0.1, 0.15) is 6.61 Å². The van der Waals surface area contributed by atoms with Crippen molar-refractivity contribution in [1.29, 1.82) is 0 Å². The number of rotatable bonds is 5. The highest BCUT2D eigenvalue weighted by molar-refractivity contribution is 5.82. The Morgan fingerprint density at radius 3 is 2.58 bits per heavy atom. The van der Waals surface area contributed by atoms with E-state index in [1.165, 1.54) is 0 Å². The van der Waals surface area contributed by atoms with E-state index in [4.69, 9.17) is 10.5 Å². The minimum absolute atomic E-state index is 0.0120. The Morgan fingerprint density at radius 1 is 1.25 bits per heavy atom. The van der Waals surface area contributed by atoms with Crippen LogP contribution in [0.4, 0.5) is 4.79 Å². The fraction of sp³-hybridized carbons (Fsp3) is 0.556. The summed E-state index contributed by atoms with van der Waals surface area (Å²) >= 11 is 0. The monoisotopic (exact) mass is 331 g/mol. The van der Waals surface area contributed by atoms with Gasteiger partial charge in [-0.3, -0.25) is 4.79 Å². The van der Waals surface area contributed by atoms with Gasteiger partial charge in [0, 0.05) is 19.1 Å². The number of ether oxygens (including phenoxy) is 1. The molecule has 24 heavy (non-hydrogen) atoms. The van der Waals surface area contributed by atoms with Crippen molar-refractivity contribution in [2.24, 2.45) is 5.73 Å². The molecule has 1 heterocycles. The quantitative estimate of drug-likeness (QED) is 0.891. The Morgan fingerprint density at radius 2 is 1.96 bits per heavy atom. The topological polar surface area (TPSA) is 75.9 Å². The molecule has 2 atom stereocenters. The first-order valence-corrected chi connectivity index (χ1v) is 8.59. The number of hydrogen-bond acceptors (Lipinski definition) is 4. The van der Waals surface area contributed by atoms with Crippen LogP contribution >= 0.6 is 0 Å². The van der Waals surface area contributed by atoms with Crippen LogP contribution < -0.4 is 5.73 Å². The zero-order valence-electron chi connectivity index (χ0n) is 14.1. The Balaban J connectivity index is 1.54. The van der Waals surface area contributed by atoms with Gasteiger partial charge < -0.3 is 20.3 Å². The zero-order chi connectivity index (χ0) is 17.1. The molecule has 1 aliphatic heterocycles. The number of likely N-dealkylation sites (tertiary alicyclic amines) is 1. The number of benzene rings is 1. The van der Waals surface area contributed by atoms with E-state index in [0.717, 1.165) is 24.8 Å². The van der Waals surface area contributed by atoms with Gasteiger partial charge in [0.2, 0.25) is 5.91 Å². The van der Waals surface area contributed by atoms with Crippen LogP contribution in [-0.4, -0.2) is 53.0 Å². The maximum atomic E-state index is 12.4. The van der Waals surface area contributed by atoms with Gasteiger partial charge in [0.25, 0.3) is 0 Å². The zero-order valence-corrected chi connectivity index (χ0v) is 14.1. The van der Waals surface area contributed by atoms with Gasteiger partial charge in [-0.1, -0.05) is 30.3 Å². The molecule has 1 aromatic rings. The second kappa shape index (κ2) is 7.21. The molecule has 0 radical (unpaired) electrons. The minimum atomic E-state index is -0.496. The molecular formula is C18H25N3O3. The van der Waals surface area contributed by atoms with Crippen LogP contribution in [0, 0.1) is 0 Å². The predicted octanol–water partition coefficient (Wildman–Crippen LogP) is 1.74. The van der Waals surface area contributed by atoms with E-state index in [1.54, 1.807) is 11.8 Å². The van der Waals surface area contributed by atoms with Crippen molar-refractivity contribution in [2.45, 2.75) is 50.9 Å². The van der Waals surface area contributed by atoms with Crippen LogP contribution in [0.2, 0.25) is 0 Å². The van der Waals surface area contributed by atoms with Crippen molar-refractivity contribution < 1.29 is 14.3 Å². The molecule has 2 fully saturated rings. The van der Waals surface area contributed by atoms with E-state index in [2.05, 4.69) is 0 Å². The third-order valence-electron chi connectivity index (χ3n) is 4.60. The van der Waals surface area contributed by atoms with Crippen LogP contribution in [0.25, 0.3) is 0 Å². The van der Waals surface area contributed by atoms with E-state index in [9.17, 15) is 9.59 Å². The standard InChI is InChI=1S/C18H25N3O3/c1-13(19)17(22)21(15-7-8-15)16-9-10-20(11-16)18(23)24-12-14-5-3-2-4-6-14/h2-6,13,15-16H,7-12,19H2,1H3. The van der Waals surface area contributed by atoms with Crippen molar-refractivity contribution in [2.75, 3.05) is 13.1 Å². The van der Waals surface area contributed by atoms with Crippen LogP contribution in [-0.2, 0) is 16.1 Å². The molecule has 1 saturated heterocycles. The Kier molecular flexibility index (Phi) is 5.04. The van der Waals surface area contributed by atoms with Crippen molar-refractivity contribution in [3.05, 3.63) is 35.9 Å². The van der Waals surface area contributed by atoms with E-state index in [0.29, 0.717) is 19.1 Å². The average molecular weight is 331 g/mol. The molecule has 2 amide bonds. The summed E-state index contributed by atoms with van der Waals surface area (Å²) in [6, 6.07) is 9.48. The van der Waals surface area contributed by atoms with Crippen LogP contribution in [0.5, 0.6) is 0 Å². The number of carbonyl (C=O) groups excluding carboxylic acids is 2. The number of amides is 2. The molecule has 2 aliphatic rings. The molecule has 1 aliphatic carbocycles. The summed E-state index contributed by atoms with van der Waals surface area (Å²) in [5.41, 5.74) is 6.75. The lowest BCUT2D eigenvalue weighted by Crippen LogP contribution is -2.50. The third-order valence-corrected chi connectivity index (χ3v) is 4.60. The van der Waals surface area contributed by atoms with Crippen molar-refractivity contribution >= 4 is 12.0 Å². The SMILES string of the molecule is CC(N)C(=O)N(C1CC1)C1CCN(C(=O)OCc2ccccc2)C1. The summed E-state index contributed by atoms with van der Waals surface area (Å²) in [6.45, 7) is 3.14. The molecule has 2 N–H and O–H groups in total. The number of carbonyl (C=O) groups is 2. The highest BCUT2D eigenvalue weighted by Crippen LogP contribution is 2.32. The number of hydrogen-bond donors (Lipinski definition) is 1. The first kappa shape index (κ1) is 16.8. The summed E-state index contributed by atoms with van der Waals surface area (Å²) in [7, 11) is 0. The molecule has 0 bridgehead atoms. The third kappa shape index (κ3) is 3.87. The lowest BCUT2D eigenvalue weighted by molar-refractivity contribution is -0.135. The molecule has 3 rings (SSSR count). The second-order valence-corrected chi connectivity index (χ2v) is 6.69. The molecule has 6 heteroatoms. The molecule has 1 saturated carbocycles. The predicted molar refractivity (Wildman–Crippen MR) is 90.1 cm³/mol. The Labute approximate surface area is 142 Å². The van der Waals surface area contributed by atoms with Gasteiger partial charge in [-0.15, -0.1) is 0 Å². The molecule has 0 aromatic heterocycles. The first-order valence-electron chi connectivity index (χ1n) is 8.59. The van der Waals surface area contributed by atoms with Crippen molar-refractivity contribution in [1.82, 2.24) is 9.80 Å². The molecule has 6 nitrogen and oxygen atoms in total. The molecular weight excluding hydrogens is 306 g/mol. The van der Waals surface area contributed by atoms with Crippen LogP contribution in [0.1, 0.15) is 31.7 Å². The summed E-state index contributed by atoms with van der Waals surface area (Å²) in [5, 5.41) is 0. The van der Waals surface area contributed by atoms with E-state index >= 15 is 0 Å². The van der Waals surface area contributed by atoms with Crippen molar-refractivity contribution in [3.63, 3.8) is 0 Å². The lowest BCUT2D eigenvalue weighted by Gasteiger charge is -2.30. The van der Waals surface area contributed by atoms with E-state index in [-0.39, 0.29) is 24.6 Å². The van der Waals surface area contributed by atoms with Crippen LogP contribution in [0.3, 0.4) is 0 Å². The summed E-state index contributed by atoms with van der Waals surface area (Å²) < 4.78 is 5.38. The van der Waals surface area contributed by atoms with Crippen molar-refractivity contribution in [3.8, 4) is 0 Å². The summed E-state index contributed by atoms with van der Waals surface area (Å²) in [5.74, 6) is -0.0120. The Bertz CT molecular complexity index is 586. The first-order chi connectivity index (χ1) is 11.6. The summed E-state index contributed by atoms with van der Waals surface area (Å²) in [6.07, 6.45) is 2.54. The highest BCUT2D eigenvalue weighted by atomic mass is 16.6. The maximum Gasteiger partial charge on any atom is 0.410 e. The summed E-state index contributed by atoms with van der Waals surface area (Å²) in [4.78, 5) is 28.2. The van der Waals surface area contributed by atoms with Gasteiger partial charge in [0.05, 0.1) is 12.1 Å². The molecule has 1 aromatic carbocycles. The largest absolute Gasteiger partial charge is 0.445 e. The fourth-order valence-corrected chi connectivity index (χ4v) is 3.19. The molecule has 0 spiro atoms. The number of nitrogens with zero attached hydrogens (tertiary/aromatic N) is 2. The van der Waals surface area contributed by atoms with Crippen LogP contribution in [0.15, 0.2) is 30.3 Å². The average Bonchev–Trinajstić information content (AvgIpc) is 3.30. The van der Waals surface area contributed by atoms with Gasteiger partial charge in [-0.05, 0) is 31.7 Å². The van der Waals surface area contributed by atoms with Gasteiger partial charge in [-0.2, -0.15) is 0 Å². The normalized spacial score (nSPS) is 21.4. The van der Waals surface area contributed by atoms with Gasteiger partial charge in [0.15, 0.2) is 0 Å². The lowest BCUT2D eigenvalue weighted by atomic mass is 10.2. The van der Waals surface area contributed by atoms with Gasteiger partial charge >= 0.3 is 6.09 Å². The fourth-order valence-electron chi connectivity index (χ4n) is 3.19. The minimum Gasteiger partial charge on any atom is -0.445 e. The highest BCUT2D eigenvalue weighted by Gasteiger charge is 2.41. The smallest absolute Gasteiger partial charge is 0.410 e.